The Balaban J connectivity index is 1.36. The van der Waals surface area contributed by atoms with Crippen LogP contribution in [0.1, 0.15) is 33.6 Å². The molecule has 0 radical (unpaired) electrons. The van der Waals surface area contributed by atoms with Crippen molar-refractivity contribution in [3.05, 3.63) is 83.4 Å². The van der Waals surface area contributed by atoms with Crippen LogP contribution in [-0.4, -0.2) is 83.8 Å². The molecule has 1 fully saturated rings. The number of nitrogens with zero attached hydrogens (tertiary/aromatic N) is 5. The highest BCUT2D eigenvalue weighted by atomic mass is 32.2. The predicted octanol–water partition coefficient (Wildman–Crippen LogP) is 3.68. The highest BCUT2D eigenvalue weighted by Crippen LogP contribution is 2.29. The maximum absolute atomic E-state index is 13.2. The Labute approximate surface area is 246 Å². The highest BCUT2D eigenvalue weighted by Gasteiger charge is 2.25. The molecule has 0 aliphatic carbocycles. The van der Waals surface area contributed by atoms with Crippen molar-refractivity contribution >= 4 is 22.3 Å². The molecule has 1 atom stereocenters. The second-order valence-corrected chi connectivity index (χ2v) is 12.2. The number of piperazine rings is 1. The lowest BCUT2D eigenvalue weighted by molar-refractivity contribution is 0.0756. The van der Waals surface area contributed by atoms with Crippen LogP contribution in [0.2, 0.25) is 0 Å². The topological polar surface area (TPSA) is 133 Å². The number of anilines is 1. The average molecular weight is 590 g/mol. The van der Waals surface area contributed by atoms with Crippen molar-refractivity contribution < 1.29 is 17.9 Å². The van der Waals surface area contributed by atoms with Gasteiger partial charge in [-0.1, -0.05) is 30.3 Å². The number of nitrogens with one attached hydrogen (secondary N) is 2. The number of benzene rings is 2. The number of hydrogen-bond acceptors (Lipinski definition) is 9. The number of aryl methyl sites for hydroxylation is 2. The van der Waals surface area contributed by atoms with Gasteiger partial charge in [-0.15, -0.1) is 0 Å². The molecule has 1 saturated heterocycles. The lowest BCUT2D eigenvalue weighted by atomic mass is 10.00. The predicted molar refractivity (Wildman–Crippen MR) is 160 cm³/mol. The van der Waals surface area contributed by atoms with Crippen LogP contribution in [0.15, 0.2) is 66.0 Å². The second-order valence-electron chi connectivity index (χ2n) is 10.6. The molecule has 12 heteroatoms. The molecule has 5 rings (SSSR count). The van der Waals surface area contributed by atoms with E-state index < -0.39 is 10.0 Å². The molecule has 3 heterocycles. The van der Waals surface area contributed by atoms with E-state index in [9.17, 15) is 13.2 Å². The minimum atomic E-state index is -4.06. The fraction of sp³-hybridized carbons (Fsp3) is 0.333. The highest BCUT2D eigenvalue weighted by molar-refractivity contribution is 7.92. The molecule has 4 aromatic rings. The number of hydrogen-bond donors (Lipinski definition) is 2. The molecule has 1 aliphatic rings. The first-order valence-corrected chi connectivity index (χ1v) is 15.3. The first-order valence-electron chi connectivity index (χ1n) is 13.8. The number of carbonyl (C=O) groups excluding carboxylic acids is 1. The fourth-order valence-electron chi connectivity index (χ4n) is 5.20. The molecule has 2 aromatic carbocycles. The maximum Gasteiger partial charge on any atom is 0.264 e. The van der Waals surface area contributed by atoms with Gasteiger partial charge in [-0.25, -0.2) is 23.1 Å². The van der Waals surface area contributed by atoms with Gasteiger partial charge in [-0.3, -0.25) is 9.69 Å². The van der Waals surface area contributed by atoms with Crippen molar-refractivity contribution in [1.82, 2.24) is 29.7 Å². The Bertz CT molecular complexity index is 1620. The Morgan fingerprint density at radius 2 is 1.88 bits per heavy atom. The Morgan fingerprint density at radius 3 is 2.62 bits per heavy atom. The van der Waals surface area contributed by atoms with E-state index in [-0.39, 0.29) is 28.3 Å². The summed E-state index contributed by atoms with van der Waals surface area (Å²) in [6, 6.07) is 13.7. The van der Waals surface area contributed by atoms with Crippen LogP contribution in [0, 0.1) is 13.8 Å². The van der Waals surface area contributed by atoms with Crippen molar-refractivity contribution in [3.8, 4) is 17.1 Å². The summed E-state index contributed by atoms with van der Waals surface area (Å²) < 4.78 is 35.0. The average Bonchev–Trinajstić information content (AvgIpc) is 3.47. The third-order valence-corrected chi connectivity index (χ3v) is 8.81. The summed E-state index contributed by atoms with van der Waals surface area (Å²) in [6.45, 7) is 7.97. The molecule has 0 unspecified atom stereocenters. The van der Waals surface area contributed by atoms with Crippen molar-refractivity contribution in [1.29, 1.82) is 0 Å². The van der Waals surface area contributed by atoms with Crippen LogP contribution in [0.3, 0.4) is 0 Å². The van der Waals surface area contributed by atoms with Crippen LogP contribution in [0.25, 0.3) is 11.3 Å². The lowest BCUT2D eigenvalue weighted by Gasteiger charge is -2.39. The van der Waals surface area contributed by atoms with Gasteiger partial charge in [0.2, 0.25) is 11.8 Å². The smallest absolute Gasteiger partial charge is 0.264 e. The van der Waals surface area contributed by atoms with E-state index in [1.165, 1.54) is 24.3 Å². The monoisotopic (exact) mass is 589 g/mol. The number of carbonyl (C=O) groups is 1. The zero-order valence-electron chi connectivity index (χ0n) is 23.9. The molecule has 1 aliphatic heterocycles. The van der Waals surface area contributed by atoms with E-state index in [1.54, 1.807) is 12.4 Å². The third-order valence-electron chi connectivity index (χ3n) is 7.48. The van der Waals surface area contributed by atoms with E-state index in [2.05, 4.69) is 41.5 Å². The summed E-state index contributed by atoms with van der Waals surface area (Å²) in [7, 11) is -1.94. The Kier molecular flexibility index (Phi) is 8.95. The number of aromatic amines is 1. The molecule has 11 nitrogen and oxygen atoms in total. The third kappa shape index (κ3) is 7.01. The molecule has 0 bridgehead atoms. The van der Waals surface area contributed by atoms with Gasteiger partial charge in [0.1, 0.15) is 6.29 Å². The van der Waals surface area contributed by atoms with Crippen LogP contribution in [-0.2, 0) is 16.6 Å². The summed E-state index contributed by atoms with van der Waals surface area (Å²) in [4.78, 5) is 32.1. The van der Waals surface area contributed by atoms with Crippen molar-refractivity contribution in [2.24, 2.45) is 0 Å². The molecule has 220 valence electrons. The molecular formula is C30H35N7O4S. The maximum atomic E-state index is 13.2. The van der Waals surface area contributed by atoms with Crippen LogP contribution < -0.4 is 9.46 Å². The number of ether oxygens (including phenoxy) is 1. The largest absolute Gasteiger partial charge is 0.477 e. The zero-order chi connectivity index (χ0) is 29.7. The molecule has 0 amide bonds. The number of likely N-dealkylation sites (N-methyl/N-ethyl adjacent to an activating group) is 1. The molecule has 2 aromatic heterocycles. The first kappa shape index (κ1) is 29.4. The zero-order valence-corrected chi connectivity index (χ0v) is 24.8. The van der Waals surface area contributed by atoms with Crippen molar-refractivity contribution in [2.75, 3.05) is 38.0 Å². The molecule has 2 N–H and O–H groups in total. The number of aldehydes is 1. The van der Waals surface area contributed by atoms with Gasteiger partial charge in [-0.05, 0) is 50.6 Å². The van der Waals surface area contributed by atoms with Gasteiger partial charge in [0.15, 0.2) is 0 Å². The Hall–Kier alpha value is -4.13. The number of H-pyrrole nitrogens is 1. The number of sulfonamides is 1. The lowest BCUT2D eigenvalue weighted by Crippen LogP contribution is -2.51. The van der Waals surface area contributed by atoms with Gasteiger partial charge in [0.05, 0.1) is 23.5 Å². The minimum Gasteiger partial charge on any atom is -0.477 e. The second kappa shape index (κ2) is 12.8. The number of aromatic nitrogens is 4. The quantitative estimate of drug-likeness (QED) is 0.251. The van der Waals surface area contributed by atoms with Gasteiger partial charge in [0, 0.05) is 61.3 Å². The van der Waals surface area contributed by atoms with Gasteiger partial charge in [0.25, 0.3) is 10.0 Å². The minimum absolute atomic E-state index is 0.0596. The van der Waals surface area contributed by atoms with Crippen LogP contribution in [0.5, 0.6) is 5.88 Å². The summed E-state index contributed by atoms with van der Waals surface area (Å²) in [5.74, 6) is 0.164. The SMILES string of the molecule is Cc1cccc(C)c1-c1cc(OCC[C@H]2CN(Cc3cnc[nH]3)CCN2C)nc(NS(=O)(=O)c2cccc(C=O)c2)n1. The van der Waals surface area contributed by atoms with Crippen LogP contribution in [0.4, 0.5) is 5.95 Å². The molecule has 0 saturated carbocycles. The van der Waals surface area contributed by atoms with E-state index in [4.69, 9.17) is 4.74 Å². The van der Waals surface area contributed by atoms with Crippen LogP contribution >= 0.6 is 0 Å². The van der Waals surface area contributed by atoms with E-state index in [1.807, 2.05) is 38.2 Å². The summed E-state index contributed by atoms with van der Waals surface area (Å²) in [5, 5.41) is 0. The Morgan fingerprint density at radius 1 is 1.10 bits per heavy atom. The normalized spacial score (nSPS) is 16.3. The van der Waals surface area contributed by atoms with Crippen molar-refractivity contribution in [2.45, 2.75) is 37.8 Å². The number of imidazole rings is 1. The van der Waals surface area contributed by atoms with Crippen molar-refractivity contribution in [3.63, 3.8) is 0 Å². The van der Waals surface area contributed by atoms with E-state index in [0.29, 0.717) is 18.6 Å². The van der Waals surface area contributed by atoms with Gasteiger partial charge >= 0.3 is 0 Å². The summed E-state index contributed by atoms with van der Waals surface area (Å²) in [6.07, 6.45) is 4.91. The summed E-state index contributed by atoms with van der Waals surface area (Å²) in [5.41, 5.74) is 4.76. The van der Waals surface area contributed by atoms with Gasteiger partial charge < -0.3 is 14.6 Å². The molecule has 0 spiro atoms. The first-order chi connectivity index (χ1) is 20.2. The van der Waals surface area contributed by atoms with E-state index in [0.717, 1.165) is 55.0 Å². The standard InChI is InChI=1S/C30H35N7O4S/c1-21-6-4-7-22(2)29(21)27-15-28(34-30(33-27)35-42(39,40)26-9-5-8-23(14-26)19-38)41-13-10-25-18-37(12-11-36(25)3)17-24-16-31-20-32-24/h4-9,14-16,19-20,25H,10-13,17-18H2,1-3H3,(H,31,32)(H,33,34,35)/t25-/m0/s1. The van der Waals surface area contributed by atoms with Gasteiger partial charge in [-0.2, -0.15) is 4.98 Å². The molecular weight excluding hydrogens is 554 g/mol. The summed E-state index contributed by atoms with van der Waals surface area (Å²) >= 11 is 0. The number of rotatable bonds is 11. The molecule has 42 heavy (non-hydrogen) atoms. The fourth-order valence-corrected chi connectivity index (χ4v) is 6.20. The van der Waals surface area contributed by atoms with E-state index >= 15 is 0 Å².